The van der Waals surface area contributed by atoms with E-state index in [0.717, 1.165) is 23.8 Å². The lowest BCUT2D eigenvalue weighted by Gasteiger charge is -2.31. The van der Waals surface area contributed by atoms with E-state index < -0.39 is 5.97 Å². The van der Waals surface area contributed by atoms with E-state index >= 15 is 0 Å². The third-order valence-electron chi connectivity index (χ3n) is 4.24. The molecule has 0 aliphatic carbocycles. The molecule has 4 nitrogen and oxygen atoms in total. The molecule has 1 aromatic carbocycles. The molecule has 116 valence electrons. The summed E-state index contributed by atoms with van der Waals surface area (Å²) in [6.45, 7) is 6.29. The molecule has 0 aromatic heterocycles. The largest absolute Gasteiger partial charge is 0.492 e. The molecule has 0 bridgehead atoms. The summed E-state index contributed by atoms with van der Waals surface area (Å²) in [5.41, 5.74) is 0.802. The molecule has 0 amide bonds. The smallest absolute Gasteiger partial charge is 0.307 e. The highest BCUT2D eigenvalue weighted by atomic mass is 16.5. The number of hydrogen-bond donors (Lipinski definition) is 1. The SMILES string of the molecule is CCC1CCN(CCOc2ccc(CC(=O)O)cc2)CC1. The molecule has 0 spiro atoms. The first-order valence-corrected chi connectivity index (χ1v) is 7.83. The second kappa shape index (κ2) is 8.03. The number of aliphatic carboxylic acids is 1. The summed E-state index contributed by atoms with van der Waals surface area (Å²) in [5, 5.41) is 8.72. The van der Waals surface area contributed by atoms with Crippen LogP contribution in [0.1, 0.15) is 31.7 Å². The van der Waals surface area contributed by atoms with Crippen molar-refractivity contribution in [1.82, 2.24) is 4.90 Å². The number of hydrogen-bond acceptors (Lipinski definition) is 3. The van der Waals surface area contributed by atoms with Crippen molar-refractivity contribution >= 4 is 5.97 Å². The maximum Gasteiger partial charge on any atom is 0.307 e. The molecule has 4 heteroatoms. The number of ether oxygens (including phenoxy) is 1. The van der Waals surface area contributed by atoms with Gasteiger partial charge in [0, 0.05) is 6.54 Å². The number of carboxylic acids is 1. The van der Waals surface area contributed by atoms with Crippen molar-refractivity contribution in [2.45, 2.75) is 32.6 Å². The van der Waals surface area contributed by atoms with Gasteiger partial charge < -0.3 is 9.84 Å². The quantitative estimate of drug-likeness (QED) is 0.839. The fraction of sp³-hybridized carbons (Fsp3) is 0.588. The minimum Gasteiger partial charge on any atom is -0.492 e. The van der Waals surface area contributed by atoms with E-state index in [4.69, 9.17) is 9.84 Å². The molecule has 1 aromatic rings. The van der Waals surface area contributed by atoms with Gasteiger partial charge in [-0.1, -0.05) is 25.5 Å². The Hall–Kier alpha value is -1.55. The van der Waals surface area contributed by atoms with Crippen molar-refractivity contribution in [2.75, 3.05) is 26.2 Å². The molecule has 0 saturated carbocycles. The summed E-state index contributed by atoms with van der Waals surface area (Å²) in [5.74, 6) is 0.913. The van der Waals surface area contributed by atoms with Crippen LogP contribution in [-0.2, 0) is 11.2 Å². The van der Waals surface area contributed by atoms with Gasteiger partial charge >= 0.3 is 5.97 Å². The van der Waals surface area contributed by atoms with Crippen LogP contribution in [0.4, 0.5) is 0 Å². The molecular weight excluding hydrogens is 266 g/mol. The monoisotopic (exact) mass is 291 g/mol. The summed E-state index contributed by atoms with van der Waals surface area (Å²) < 4.78 is 5.73. The van der Waals surface area contributed by atoms with Gasteiger partial charge in [0.1, 0.15) is 12.4 Å². The lowest BCUT2D eigenvalue weighted by atomic mass is 9.94. The first-order chi connectivity index (χ1) is 10.2. The lowest BCUT2D eigenvalue weighted by molar-refractivity contribution is -0.136. The van der Waals surface area contributed by atoms with Gasteiger partial charge in [-0.15, -0.1) is 0 Å². The topological polar surface area (TPSA) is 49.8 Å². The first kappa shape index (κ1) is 15.8. The van der Waals surface area contributed by atoms with Crippen LogP contribution < -0.4 is 4.74 Å². The third kappa shape index (κ3) is 5.38. The first-order valence-electron chi connectivity index (χ1n) is 7.83. The van der Waals surface area contributed by atoms with E-state index in [0.29, 0.717) is 6.61 Å². The summed E-state index contributed by atoms with van der Waals surface area (Å²) in [6, 6.07) is 7.33. The Labute approximate surface area is 126 Å². The highest BCUT2D eigenvalue weighted by molar-refractivity contribution is 5.70. The summed E-state index contributed by atoms with van der Waals surface area (Å²) in [6.07, 6.45) is 3.97. The van der Waals surface area contributed by atoms with Crippen LogP contribution in [0.2, 0.25) is 0 Å². The fourth-order valence-electron chi connectivity index (χ4n) is 2.79. The second-order valence-electron chi connectivity index (χ2n) is 5.76. The van der Waals surface area contributed by atoms with E-state index in [1.54, 1.807) is 0 Å². The predicted molar refractivity (Wildman–Crippen MR) is 82.7 cm³/mol. The molecule has 1 N–H and O–H groups in total. The molecule has 1 aliphatic heterocycles. The number of rotatable bonds is 7. The van der Waals surface area contributed by atoms with Gasteiger partial charge in [-0.25, -0.2) is 0 Å². The Balaban J connectivity index is 1.68. The standard InChI is InChI=1S/C17H25NO3/c1-2-14-7-9-18(10-8-14)11-12-21-16-5-3-15(4-6-16)13-17(19)20/h3-6,14H,2,7-13H2,1H3,(H,19,20). The van der Waals surface area contributed by atoms with Crippen LogP contribution >= 0.6 is 0 Å². The average Bonchev–Trinajstić information content (AvgIpc) is 2.49. The number of benzene rings is 1. The van der Waals surface area contributed by atoms with Crippen LogP contribution in [0.25, 0.3) is 0 Å². The highest BCUT2D eigenvalue weighted by Crippen LogP contribution is 2.19. The summed E-state index contributed by atoms with van der Waals surface area (Å²) in [4.78, 5) is 13.1. The van der Waals surface area contributed by atoms with Crippen LogP contribution in [0.3, 0.4) is 0 Å². The Morgan fingerprint density at radius 3 is 2.52 bits per heavy atom. The predicted octanol–water partition coefficient (Wildman–Crippen LogP) is 2.81. The van der Waals surface area contributed by atoms with Gasteiger partial charge in [-0.3, -0.25) is 9.69 Å². The number of piperidine rings is 1. The van der Waals surface area contributed by atoms with Gasteiger partial charge in [0.05, 0.1) is 6.42 Å². The fourth-order valence-corrected chi connectivity index (χ4v) is 2.79. The lowest BCUT2D eigenvalue weighted by Crippen LogP contribution is -2.36. The van der Waals surface area contributed by atoms with Crippen LogP contribution in [0, 0.1) is 5.92 Å². The van der Waals surface area contributed by atoms with Gasteiger partial charge in [0.25, 0.3) is 0 Å². The van der Waals surface area contributed by atoms with Gasteiger partial charge in [0.2, 0.25) is 0 Å². The van der Waals surface area contributed by atoms with E-state index in [-0.39, 0.29) is 6.42 Å². The van der Waals surface area contributed by atoms with Crippen molar-refractivity contribution < 1.29 is 14.6 Å². The summed E-state index contributed by atoms with van der Waals surface area (Å²) in [7, 11) is 0. The normalized spacial score (nSPS) is 16.8. The molecule has 1 aliphatic rings. The summed E-state index contributed by atoms with van der Waals surface area (Å²) >= 11 is 0. The molecule has 1 fully saturated rings. The molecule has 2 rings (SSSR count). The Morgan fingerprint density at radius 1 is 1.29 bits per heavy atom. The number of nitrogens with zero attached hydrogens (tertiary/aromatic N) is 1. The van der Waals surface area contributed by atoms with Crippen molar-refractivity contribution in [2.24, 2.45) is 5.92 Å². The zero-order chi connectivity index (χ0) is 15.1. The van der Waals surface area contributed by atoms with E-state index in [1.807, 2.05) is 24.3 Å². The molecule has 0 radical (unpaired) electrons. The van der Waals surface area contributed by atoms with E-state index in [9.17, 15) is 4.79 Å². The third-order valence-corrected chi connectivity index (χ3v) is 4.24. The molecule has 0 unspecified atom stereocenters. The average molecular weight is 291 g/mol. The zero-order valence-electron chi connectivity index (χ0n) is 12.8. The van der Waals surface area contributed by atoms with E-state index in [1.165, 1.54) is 32.4 Å². The van der Waals surface area contributed by atoms with Crippen LogP contribution in [0.15, 0.2) is 24.3 Å². The molecular formula is C17H25NO3. The van der Waals surface area contributed by atoms with Crippen molar-refractivity contribution in [3.63, 3.8) is 0 Å². The second-order valence-corrected chi connectivity index (χ2v) is 5.76. The van der Waals surface area contributed by atoms with Crippen molar-refractivity contribution in [1.29, 1.82) is 0 Å². The minimum atomic E-state index is -0.806. The number of carbonyl (C=O) groups is 1. The van der Waals surface area contributed by atoms with E-state index in [2.05, 4.69) is 11.8 Å². The van der Waals surface area contributed by atoms with Crippen LogP contribution in [0.5, 0.6) is 5.75 Å². The Morgan fingerprint density at radius 2 is 1.95 bits per heavy atom. The van der Waals surface area contributed by atoms with Gasteiger partial charge in [-0.05, 0) is 49.5 Å². The number of carboxylic acid groups (broad SMARTS) is 1. The number of likely N-dealkylation sites (tertiary alicyclic amines) is 1. The van der Waals surface area contributed by atoms with Gasteiger partial charge in [0.15, 0.2) is 0 Å². The Kier molecular flexibility index (Phi) is 6.05. The Bertz CT molecular complexity index is 436. The molecule has 1 heterocycles. The van der Waals surface area contributed by atoms with Crippen LogP contribution in [-0.4, -0.2) is 42.2 Å². The molecule has 0 atom stereocenters. The zero-order valence-corrected chi connectivity index (χ0v) is 12.8. The van der Waals surface area contributed by atoms with Crippen molar-refractivity contribution in [3.05, 3.63) is 29.8 Å². The maximum atomic E-state index is 10.6. The van der Waals surface area contributed by atoms with Gasteiger partial charge in [-0.2, -0.15) is 0 Å². The van der Waals surface area contributed by atoms with Crippen molar-refractivity contribution in [3.8, 4) is 5.75 Å². The maximum absolute atomic E-state index is 10.6. The molecule has 21 heavy (non-hydrogen) atoms. The minimum absolute atomic E-state index is 0.0622. The highest BCUT2D eigenvalue weighted by Gasteiger charge is 2.17. The molecule has 1 saturated heterocycles.